The van der Waals surface area contributed by atoms with E-state index in [0.29, 0.717) is 36.6 Å². The number of carbonyl (C=O) groups excluding carboxylic acids is 2. The van der Waals surface area contributed by atoms with Gasteiger partial charge in [-0.05, 0) is 55.7 Å². The van der Waals surface area contributed by atoms with E-state index in [2.05, 4.69) is 0 Å². The summed E-state index contributed by atoms with van der Waals surface area (Å²) in [4.78, 5) is 33.8. The zero-order valence-corrected chi connectivity index (χ0v) is 20.8. The van der Waals surface area contributed by atoms with Crippen LogP contribution in [0.15, 0.2) is 72.8 Å². The first-order valence-electron chi connectivity index (χ1n) is 12.5. The summed E-state index contributed by atoms with van der Waals surface area (Å²) in [6.45, 7) is 4.41. The van der Waals surface area contributed by atoms with Gasteiger partial charge in [0.15, 0.2) is 17.4 Å². The molecule has 0 spiro atoms. The van der Waals surface area contributed by atoms with Crippen molar-refractivity contribution >= 4 is 28.9 Å². The Kier molecular flexibility index (Phi) is 6.81. The Bertz CT molecular complexity index is 1430. The zero-order chi connectivity index (χ0) is 25.9. The Morgan fingerprint density at radius 3 is 2.51 bits per heavy atom. The third kappa shape index (κ3) is 4.50. The lowest BCUT2D eigenvalue weighted by atomic mass is 9.89. The molecule has 0 fully saturated rings. The highest BCUT2D eigenvalue weighted by Gasteiger charge is 2.48. The van der Waals surface area contributed by atoms with Crippen LogP contribution in [0.1, 0.15) is 31.0 Å². The number of carbonyl (C=O) groups is 2. The second kappa shape index (κ2) is 10.3. The van der Waals surface area contributed by atoms with Gasteiger partial charge in [0.05, 0.1) is 30.3 Å². The second-order valence-corrected chi connectivity index (χ2v) is 8.83. The Balaban J connectivity index is 1.69. The van der Waals surface area contributed by atoms with Crippen LogP contribution in [-0.2, 0) is 20.7 Å². The Labute approximate surface area is 215 Å². The predicted octanol–water partition coefficient (Wildman–Crippen LogP) is 4.50. The normalized spacial score (nSPS) is 17.0. The van der Waals surface area contributed by atoms with Crippen LogP contribution in [0.5, 0.6) is 11.5 Å². The van der Waals surface area contributed by atoms with Crippen molar-refractivity contribution in [2.45, 2.75) is 26.3 Å². The SMILES string of the molecule is CCOC(=O)[C@H]1C(=O)N(CCc2ccccc2)c2nc3ccccc3n2[C@@H]1c1ccc(O)c(OCC)c1. The maximum absolute atomic E-state index is 14.1. The van der Waals surface area contributed by atoms with Crippen LogP contribution < -0.4 is 9.64 Å². The van der Waals surface area contributed by atoms with Gasteiger partial charge >= 0.3 is 5.97 Å². The number of rotatable bonds is 8. The minimum Gasteiger partial charge on any atom is -0.504 e. The van der Waals surface area contributed by atoms with Crippen molar-refractivity contribution in [3.05, 3.63) is 83.9 Å². The number of aromatic nitrogens is 2. The molecule has 1 aliphatic heterocycles. The van der Waals surface area contributed by atoms with E-state index >= 15 is 0 Å². The van der Waals surface area contributed by atoms with Crippen molar-refractivity contribution < 1.29 is 24.2 Å². The minimum absolute atomic E-state index is 0.0133. The first-order chi connectivity index (χ1) is 18.0. The number of anilines is 1. The van der Waals surface area contributed by atoms with Gasteiger partial charge in [-0.3, -0.25) is 14.5 Å². The summed E-state index contributed by atoms with van der Waals surface area (Å²) in [5, 5.41) is 10.3. The highest BCUT2D eigenvalue weighted by atomic mass is 16.5. The topological polar surface area (TPSA) is 93.9 Å². The minimum atomic E-state index is -1.14. The molecule has 1 N–H and O–H groups in total. The fourth-order valence-corrected chi connectivity index (χ4v) is 4.93. The van der Waals surface area contributed by atoms with E-state index in [-0.39, 0.29) is 24.0 Å². The molecule has 8 heteroatoms. The van der Waals surface area contributed by atoms with Gasteiger partial charge in [-0.25, -0.2) is 4.98 Å². The molecular formula is C29H29N3O5. The van der Waals surface area contributed by atoms with E-state index in [9.17, 15) is 14.7 Å². The lowest BCUT2D eigenvalue weighted by molar-refractivity contribution is -0.153. The molecule has 0 saturated carbocycles. The standard InChI is InChI=1S/C29H29N3O5/c1-3-36-24-18-20(14-15-23(24)33)26-25(28(35)37-4-2)27(34)31(17-16-19-10-6-5-7-11-19)29-30-21-12-8-9-13-22(21)32(26)29/h5-15,18,25-26,33H,3-4,16-17H2,1-2H3/t25-,26-/m1/s1. The van der Waals surface area contributed by atoms with Gasteiger partial charge in [0.2, 0.25) is 11.9 Å². The summed E-state index contributed by atoms with van der Waals surface area (Å²) in [6.07, 6.45) is 0.601. The molecular weight excluding hydrogens is 470 g/mol. The van der Waals surface area contributed by atoms with Crippen LogP contribution in [-0.4, -0.2) is 46.3 Å². The number of phenols is 1. The highest BCUT2D eigenvalue weighted by molar-refractivity contribution is 6.08. The van der Waals surface area contributed by atoms with Crippen molar-refractivity contribution in [3.8, 4) is 11.5 Å². The smallest absolute Gasteiger partial charge is 0.321 e. The number of hydrogen-bond donors (Lipinski definition) is 1. The second-order valence-electron chi connectivity index (χ2n) is 8.83. The van der Waals surface area contributed by atoms with Crippen LogP contribution in [0.25, 0.3) is 11.0 Å². The first kappa shape index (κ1) is 24.4. The van der Waals surface area contributed by atoms with E-state index in [1.54, 1.807) is 24.0 Å². The Hall–Kier alpha value is -4.33. The molecule has 0 unspecified atom stereocenters. The number of imidazole rings is 1. The third-order valence-electron chi connectivity index (χ3n) is 6.58. The average Bonchev–Trinajstić information content (AvgIpc) is 3.29. The van der Waals surface area contributed by atoms with Crippen molar-refractivity contribution in [1.29, 1.82) is 0 Å². The number of para-hydroxylation sites is 2. The number of benzene rings is 3. The van der Waals surface area contributed by atoms with Crippen LogP contribution in [0.3, 0.4) is 0 Å². The maximum atomic E-state index is 14.1. The summed E-state index contributed by atoms with van der Waals surface area (Å²) in [6, 6.07) is 21.7. The molecule has 37 heavy (non-hydrogen) atoms. The van der Waals surface area contributed by atoms with Crippen molar-refractivity contribution in [2.24, 2.45) is 5.92 Å². The Morgan fingerprint density at radius 2 is 1.76 bits per heavy atom. The summed E-state index contributed by atoms with van der Waals surface area (Å²) >= 11 is 0. The van der Waals surface area contributed by atoms with E-state index < -0.39 is 17.9 Å². The van der Waals surface area contributed by atoms with Crippen molar-refractivity contribution in [3.63, 3.8) is 0 Å². The lowest BCUT2D eigenvalue weighted by Gasteiger charge is -2.38. The maximum Gasteiger partial charge on any atom is 0.321 e. The largest absolute Gasteiger partial charge is 0.504 e. The molecule has 2 atom stereocenters. The van der Waals surface area contributed by atoms with Crippen molar-refractivity contribution in [1.82, 2.24) is 9.55 Å². The van der Waals surface area contributed by atoms with E-state index in [1.165, 1.54) is 6.07 Å². The number of ether oxygens (including phenoxy) is 2. The summed E-state index contributed by atoms with van der Waals surface area (Å²) < 4.78 is 13.0. The molecule has 1 aliphatic rings. The van der Waals surface area contributed by atoms with E-state index in [0.717, 1.165) is 11.1 Å². The molecule has 0 radical (unpaired) electrons. The Morgan fingerprint density at radius 1 is 1.00 bits per heavy atom. The van der Waals surface area contributed by atoms with Gasteiger partial charge in [0.25, 0.3) is 0 Å². The number of nitrogens with zero attached hydrogens (tertiary/aromatic N) is 3. The monoisotopic (exact) mass is 499 g/mol. The van der Waals surface area contributed by atoms with Gasteiger partial charge < -0.3 is 19.1 Å². The molecule has 3 aromatic carbocycles. The molecule has 190 valence electrons. The molecule has 1 aromatic heterocycles. The molecule has 0 saturated heterocycles. The fourth-order valence-electron chi connectivity index (χ4n) is 4.93. The number of hydrogen-bond acceptors (Lipinski definition) is 6. The number of esters is 1. The lowest BCUT2D eigenvalue weighted by Crippen LogP contribution is -2.50. The number of fused-ring (bicyclic) bond motifs is 3. The number of aromatic hydroxyl groups is 1. The van der Waals surface area contributed by atoms with Gasteiger partial charge in [-0.2, -0.15) is 0 Å². The van der Waals surface area contributed by atoms with Gasteiger partial charge in [-0.1, -0.05) is 48.5 Å². The van der Waals surface area contributed by atoms with Crippen LogP contribution in [0, 0.1) is 5.92 Å². The van der Waals surface area contributed by atoms with Crippen LogP contribution in [0.4, 0.5) is 5.95 Å². The van der Waals surface area contributed by atoms with Crippen molar-refractivity contribution in [2.75, 3.05) is 24.7 Å². The molecule has 1 amide bonds. The summed E-state index contributed by atoms with van der Waals surface area (Å²) in [7, 11) is 0. The number of amides is 1. The molecule has 5 rings (SSSR count). The van der Waals surface area contributed by atoms with Gasteiger partial charge in [-0.15, -0.1) is 0 Å². The quantitative estimate of drug-likeness (QED) is 0.283. The zero-order valence-electron chi connectivity index (χ0n) is 20.8. The summed E-state index contributed by atoms with van der Waals surface area (Å²) in [5.74, 6) is -1.36. The third-order valence-corrected chi connectivity index (χ3v) is 6.58. The first-order valence-corrected chi connectivity index (χ1v) is 12.5. The van der Waals surface area contributed by atoms with Gasteiger partial charge in [0.1, 0.15) is 0 Å². The number of phenolic OH excluding ortho intramolecular Hbond substituents is 1. The fraction of sp³-hybridized carbons (Fsp3) is 0.276. The molecule has 8 nitrogen and oxygen atoms in total. The predicted molar refractivity (Wildman–Crippen MR) is 140 cm³/mol. The molecule has 2 heterocycles. The van der Waals surface area contributed by atoms with E-state index in [4.69, 9.17) is 14.5 Å². The molecule has 0 aliphatic carbocycles. The highest BCUT2D eigenvalue weighted by Crippen LogP contribution is 2.43. The van der Waals surface area contributed by atoms with Crippen LogP contribution in [0.2, 0.25) is 0 Å². The van der Waals surface area contributed by atoms with E-state index in [1.807, 2.05) is 66.1 Å². The summed E-state index contributed by atoms with van der Waals surface area (Å²) in [5.41, 5.74) is 3.22. The van der Waals surface area contributed by atoms with Gasteiger partial charge in [0, 0.05) is 6.54 Å². The molecule has 0 bridgehead atoms. The molecule has 4 aromatic rings. The average molecular weight is 500 g/mol. The van der Waals surface area contributed by atoms with Crippen LogP contribution >= 0.6 is 0 Å².